The van der Waals surface area contributed by atoms with E-state index in [1.54, 1.807) is 23.0 Å². The number of rotatable bonds is 5. The highest BCUT2D eigenvalue weighted by Gasteiger charge is 2.45. The van der Waals surface area contributed by atoms with E-state index in [4.69, 9.17) is 0 Å². The van der Waals surface area contributed by atoms with E-state index in [2.05, 4.69) is 15.4 Å². The molecule has 0 radical (unpaired) electrons. The summed E-state index contributed by atoms with van der Waals surface area (Å²) in [5.74, 6) is -0.283. The first-order valence-corrected chi connectivity index (χ1v) is 7.07. The molecule has 1 aromatic rings. The molecule has 1 saturated heterocycles. The van der Waals surface area contributed by atoms with Crippen molar-refractivity contribution in [1.82, 2.24) is 25.0 Å². The largest absolute Gasteiger partial charge is 0.481 e. The molecule has 0 saturated carbocycles. The predicted molar refractivity (Wildman–Crippen MR) is 74.4 cm³/mol. The number of amides is 2. The number of nitrogens with one attached hydrogen (secondary N) is 1. The lowest BCUT2D eigenvalue weighted by atomic mass is 9.83. The van der Waals surface area contributed by atoms with Gasteiger partial charge in [0.1, 0.15) is 6.33 Å². The summed E-state index contributed by atoms with van der Waals surface area (Å²) in [5, 5.41) is 16.2. The van der Waals surface area contributed by atoms with E-state index >= 15 is 0 Å². The Morgan fingerprint density at radius 3 is 2.86 bits per heavy atom. The van der Waals surface area contributed by atoms with E-state index < -0.39 is 11.4 Å². The van der Waals surface area contributed by atoms with E-state index in [9.17, 15) is 14.7 Å². The summed E-state index contributed by atoms with van der Waals surface area (Å²) in [6, 6.07) is -0.262. The van der Waals surface area contributed by atoms with Gasteiger partial charge in [-0.3, -0.25) is 9.48 Å². The molecule has 1 aliphatic heterocycles. The second-order valence-corrected chi connectivity index (χ2v) is 5.50. The number of hydrogen-bond acceptors (Lipinski definition) is 4. The summed E-state index contributed by atoms with van der Waals surface area (Å²) in [7, 11) is 1.75. The van der Waals surface area contributed by atoms with Crippen LogP contribution < -0.4 is 5.32 Å². The molecule has 116 valence electrons. The number of carbonyl (C=O) groups is 2. The molecular formula is C13H21N5O3. The van der Waals surface area contributed by atoms with Gasteiger partial charge in [-0.25, -0.2) is 9.78 Å². The molecule has 2 N–H and O–H groups in total. The van der Waals surface area contributed by atoms with Crippen LogP contribution in [0.3, 0.4) is 0 Å². The molecular weight excluding hydrogens is 274 g/mol. The van der Waals surface area contributed by atoms with Crippen molar-refractivity contribution >= 4 is 12.0 Å². The molecule has 1 aromatic heterocycles. The number of carboxylic acids is 1. The van der Waals surface area contributed by atoms with Crippen molar-refractivity contribution in [2.24, 2.45) is 12.5 Å². The van der Waals surface area contributed by atoms with Crippen LogP contribution in [0.4, 0.5) is 4.79 Å². The molecule has 2 rings (SSSR count). The Kier molecular flexibility index (Phi) is 4.44. The molecule has 1 unspecified atom stereocenters. The van der Waals surface area contributed by atoms with Gasteiger partial charge in [-0.05, 0) is 12.8 Å². The Bertz CT molecular complexity index is 530. The molecule has 0 aliphatic carbocycles. The lowest BCUT2D eigenvalue weighted by Crippen LogP contribution is -2.41. The fourth-order valence-electron chi connectivity index (χ4n) is 2.74. The second kappa shape index (κ2) is 6.11. The molecule has 0 bridgehead atoms. The third-order valence-electron chi connectivity index (χ3n) is 3.87. The van der Waals surface area contributed by atoms with Crippen LogP contribution in [0.2, 0.25) is 0 Å². The van der Waals surface area contributed by atoms with Crippen molar-refractivity contribution in [3.8, 4) is 0 Å². The molecule has 2 heterocycles. The number of carboxylic acid groups (broad SMARTS) is 1. The van der Waals surface area contributed by atoms with Crippen molar-refractivity contribution in [3.63, 3.8) is 0 Å². The van der Waals surface area contributed by atoms with Crippen LogP contribution in [-0.4, -0.2) is 49.9 Å². The van der Waals surface area contributed by atoms with Gasteiger partial charge in [0.25, 0.3) is 0 Å². The monoisotopic (exact) mass is 295 g/mol. The summed E-state index contributed by atoms with van der Waals surface area (Å²) in [5.41, 5.74) is -0.796. The van der Waals surface area contributed by atoms with Crippen molar-refractivity contribution in [2.45, 2.75) is 32.7 Å². The van der Waals surface area contributed by atoms with Crippen molar-refractivity contribution in [2.75, 3.05) is 13.1 Å². The van der Waals surface area contributed by atoms with Gasteiger partial charge >= 0.3 is 12.0 Å². The topological polar surface area (TPSA) is 100 Å². The molecule has 1 aliphatic rings. The van der Waals surface area contributed by atoms with Gasteiger partial charge in [0.2, 0.25) is 0 Å². The Labute approximate surface area is 123 Å². The zero-order valence-corrected chi connectivity index (χ0v) is 12.4. The Morgan fingerprint density at radius 2 is 2.29 bits per heavy atom. The number of aryl methyl sites for hydroxylation is 1. The van der Waals surface area contributed by atoms with Gasteiger partial charge < -0.3 is 15.3 Å². The van der Waals surface area contributed by atoms with Crippen molar-refractivity contribution in [1.29, 1.82) is 0 Å². The molecule has 2 amide bonds. The number of aromatic nitrogens is 3. The van der Waals surface area contributed by atoms with Crippen LogP contribution >= 0.6 is 0 Å². The van der Waals surface area contributed by atoms with Gasteiger partial charge in [-0.1, -0.05) is 13.3 Å². The van der Waals surface area contributed by atoms with Crippen molar-refractivity contribution in [3.05, 3.63) is 12.2 Å². The Hall–Kier alpha value is -2.12. The van der Waals surface area contributed by atoms with Crippen LogP contribution in [0, 0.1) is 5.41 Å². The normalized spacial score (nSPS) is 21.5. The Balaban J connectivity index is 1.91. The first-order valence-electron chi connectivity index (χ1n) is 7.07. The average Bonchev–Trinajstić information content (AvgIpc) is 3.04. The van der Waals surface area contributed by atoms with E-state index in [1.165, 1.54) is 0 Å². The van der Waals surface area contributed by atoms with Crippen LogP contribution in [0.1, 0.15) is 32.0 Å². The number of aliphatic carboxylic acids is 1. The first kappa shape index (κ1) is 15.3. The number of nitrogens with zero attached hydrogens (tertiary/aromatic N) is 4. The molecule has 0 aromatic carbocycles. The third kappa shape index (κ3) is 3.32. The van der Waals surface area contributed by atoms with Gasteiger partial charge in [-0.2, -0.15) is 5.10 Å². The van der Waals surface area contributed by atoms with Crippen LogP contribution in [0.15, 0.2) is 6.33 Å². The summed E-state index contributed by atoms with van der Waals surface area (Å²) >= 11 is 0. The predicted octanol–water partition coefficient (Wildman–Crippen LogP) is 0.602. The van der Waals surface area contributed by atoms with Gasteiger partial charge in [0.05, 0.1) is 12.0 Å². The van der Waals surface area contributed by atoms with Crippen LogP contribution in [0.5, 0.6) is 0 Å². The highest BCUT2D eigenvalue weighted by molar-refractivity contribution is 5.79. The lowest BCUT2D eigenvalue weighted by molar-refractivity contribution is -0.148. The molecule has 0 spiro atoms. The minimum atomic E-state index is -0.814. The van der Waals surface area contributed by atoms with E-state index in [-0.39, 0.29) is 19.1 Å². The summed E-state index contributed by atoms with van der Waals surface area (Å²) < 4.78 is 1.56. The van der Waals surface area contributed by atoms with Gasteiger partial charge in [0, 0.05) is 20.1 Å². The fourth-order valence-corrected chi connectivity index (χ4v) is 2.74. The fraction of sp³-hybridized carbons (Fsp3) is 0.692. The van der Waals surface area contributed by atoms with Crippen LogP contribution in [-0.2, 0) is 18.4 Å². The molecule has 21 heavy (non-hydrogen) atoms. The highest BCUT2D eigenvalue weighted by atomic mass is 16.4. The molecule has 8 heteroatoms. The lowest BCUT2D eigenvalue weighted by Gasteiger charge is -2.24. The maximum Gasteiger partial charge on any atom is 0.317 e. The number of likely N-dealkylation sites (tertiary alicyclic amines) is 1. The Morgan fingerprint density at radius 1 is 1.52 bits per heavy atom. The highest BCUT2D eigenvalue weighted by Crippen LogP contribution is 2.35. The second-order valence-electron chi connectivity index (χ2n) is 5.50. The minimum absolute atomic E-state index is 0.240. The van der Waals surface area contributed by atoms with Crippen LogP contribution in [0.25, 0.3) is 0 Å². The number of hydrogen-bond donors (Lipinski definition) is 2. The first-order chi connectivity index (χ1) is 9.97. The SMILES string of the molecule is CCCC1(C(=O)O)CCN(C(=O)NCc2ncn(C)n2)C1. The smallest absolute Gasteiger partial charge is 0.317 e. The minimum Gasteiger partial charge on any atom is -0.481 e. The van der Waals surface area contributed by atoms with E-state index in [0.717, 1.165) is 6.42 Å². The number of urea groups is 1. The quantitative estimate of drug-likeness (QED) is 0.828. The summed E-state index contributed by atoms with van der Waals surface area (Å²) in [6.07, 6.45) is 3.45. The van der Waals surface area contributed by atoms with Crippen molar-refractivity contribution < 1.29 is 14.7 Å². The van der Waals surface area contributed by atoms with Gasteiger partial charge in [0.15, 0.2) is 5.82 Å². The maximum atomic E-state index is 12.1. The summed E-state index contributed by atoms with van der Waals surface area (Å²) in [6.45, 7) is 2.93. The van der Waals surface area contributed by atoms with Gasteiger partial charge in [-0.15, -0.1) is 0 Å². The molecule has 8 nitrogen and oxygen atoms in total. The number of carbonyl (C=O) groups excluding carboxylic acids is 1. The average molecular weight is 295 g/mol. The summed E-state index contributed by atoms with van der Waals surface area (Å²) in [4.78, 5) is 29.2. The third-order valence-corrected chi connectivity index (χ3v) is 3.87. The molecule has 1 fully saturated rings. The maximum absolute atomic E-state index is 12.1. The van der Waals surface area contributed by atoms with E-state index in [1.807, 2.05) is 6.92 Å². The zero-order chi connectivity index (χ0) is 15.5. The standard InChI is InChI=1S/C13H21N5O3/c1-3-4-13(11(19)20)5-6-18(8-13)12(21)14-7-10-15-9-17(2)16-10/h9H,3-8H2,1-2H3,(H,14,21)(H,19,20). The van der Waals surface area contributed by atoms with E-state index in [0.29, 0.717) is 25.2 Å². The zero-order valence-electron chi connectivity index (χ0n) is 12.4. The molecule has 1 atom stereocenters.